The van der Waals surface area contributed by atoms with Crippen molar-refractivity contribution in [2.45, 2.75) is 45.4 Å². The van der Waals surface area contributed by atoms with Gasteiger partial charge in [0.05, 0.1) is 25.5 Å². The molecule has 6 heteroatoms. The molecule has 2 aromatic rings. The molecule has 0 bridgehead atoms. The highest BCUT2D eigenvalue weighted by Crippen LogP contribution is 2.24. The standard InChI is InChI=1S/C22H32N4O2/c1-2-23-22(24-15-18-9-4-5-10-19(18)17-27)25-16-20(21-11-8-14-28-21)26-12-6-3-7-13-26/h4-5,8-11,14,20,27H,2-3,6-7,12-13,15-17H2,1H3,(H2,23,24,25). The Morgan fingerprint density at radius 3 is 2.57 bits per heavy atom. The number of hydrogen-bond donors (Lipinski definition) is 3. The first-order valence-corrected chi connectivity index (χ1v) is 10.3. The minimum Gasteiger partial charge on any atom is -0.468 e. The number of guanidine groups is 1. The molecule has 0 saturated carbocycles. The van der Waals surface area contributed by atoms with E-state index in [9.17, 15) is 5.11 Å². The molecule has 1 aromatic heterocycles. The number of hydrogen-bond acceptors (Lipinski definition) is 4. The van der Waals surface area contributed by atoms with Crippen molar-refractivity contribution in [1.82, 2.24) is 15.5 Å². The van der Waals surface area contributed by atoms with Gasteiger partial charge in [-0.3, -0.25) is 4.90 Å². The first-order chi connectivity index (χ1) is 13.8. The second-order valence-corrected chi connectivity index (χ2v) is 7.13. The molecule has 3 rings (SSSR count). The molecule has 0 amide bonds. The first kappa shape index (κ1) is 20.4. The number of aliphatic imine (C=N–C) groups is 1. The van der Waals surface area contributed by atoms with E-state index >= 15 is 0 Å². The van der Waals surface area contributed by atoms with Gasteiger partial charge in [-0.05, 0) is 56.1 Å². The Bertz CT molecular complexity index is 724. The summed E-state index contributed by atoms with van der Waals surface area (Å²) in [4.78, 5) is 7.22. The van der Waals surface area contributed by atoms with E-state index in [0.29, 0.717) is 6.54 Å². The van der Waals surface area contributed by atoms with Gasteiger partial charge in [-0.1, -0.05) is 30.7 Å². The molecule has 0 spiro atoms. The highest BCUT2D eigenvalue weighted by atomic mass is 16.3. The van der Waals surface area contributed by atoms with E-state index < -0.39 is 0 Å². The summed E-state index contributed by atoms with van der Waals surface area (Å²) in [6.45, 7) is 6.36. The monoisotopic (exact) mass is 384 g/mol. The fourth-order valence-corrected chi connectivity index (χ4v) is 3.69. The van der Waals surface area contributed by atoms with Crippen LogP contribution in [0.15, 0.2) is 52.1 Å². The maximum absolute atomic E-state index is 9.52. The lowest BCUT2D eigenvalue weighted by molar-refractivity contribution is 0.146. The highest BCUT2D eigenvalue weighted by Gasteiger charge is 2.24. The Labute approximate surface area is 167 Å². The van der Waals surface area contributed by atoms with Crippen LogP contribution in [-0.2, 0) is 13.2 Å². The van der Waals surface area contributed by atoms with Crippen LogP contribution < -0.4 is 10.6 Å². The summed E-state index contributed by atoms with van der Waals surface area (Å²) in [7, 11) is 0. The number of benzene rings is 1. The molecule has 1 unspecified atom stereocenters. The van der Waals surface area contributed by atoms with Gasteiger partial charge in [0.1, 0.15) is 5.76 Å². The van der Waals surface area contributed by atoms with Gasteiger partial charge in [-0.25, -0.2) is 4.99 Å². The Balaban J connectivity index is 1.67. The minimum absolute atomic E-state index is 0.0329. The zero-order valence-electron chi connectivity index (χ0n) is 16.7. The maximum Gasteiger partial charge on any atom is 0.191 e. The van der Waals surface area contributed by atoms with Crippen LogP contribution in [0.1, 0.15) is 49.1 Å². The third-order valence-corrected chi connectivity index (χ3v) is 5.21. The zero-order chi connectivity index (χ0) is 19.6. The third kappa shape index (κ3) is 5.59. The van der Waals surface area contributed by atoms with Crippen LogP contribution in [0, 0.1) is 0 Å². The molecule has 3 N–H and O–H groups in total. The van der Waals surface area contributed by atoms with E-state index in [1.54, 1.807) is 6.26 Å². The van der Waals surface area contributed by atoms with E-state index in [0.717, 1.165) is 49.0 Å². The number of nitrogens with one attached hydrogen (secondary N) is 2. The normalized spacial score (nSPS) is 16.7. The van der Waals surface area contributed by atoms with Gasteiger partial charge in [0.25, 0.3) is 0 Å². The molecule has 1 aliphatic heterocycles. The van der Waals surface area contributed by atoms with E-state index in [4.69, 9.17) is 9.41 Å². The molecular formula is C22H32N4O2. The van der Waals surface area contributed by atoms with Crippen LogP contribution in [0.25, 0.3) is 0 Å². The van der Waals surface area contributed by atoms with Gasteiger partial charge in [0.15, 0.2) is 5.96 Å². The van der Waals surface area contributed by atoms with Crippen molar-refractivity contribution < 1.29 is 9.52 Å². The largest absolute Gasteiger partial charge is 0.468 e. The summed E-state index contributed by atoms with van der Waals surface area (Å²) in [5.74, 6) is 1.78. The van der Waals surface area contributed by atoms with Gasteiger partial charge in [-0.2, -0.15) is 0 Å². The number of likely N-dealkylation sites (tertiary alicyclic amines) is 1. The number of piperidine rings is 1. The van der Waals surface area contributed by atoms with Gasteiger partial charge in [-0.15, -0.1) is 0 Å². The maximum atomic E-state index is 9.52. The van der Waals surface area contributed by atoms with Gasteiger partial charge in [0.2, 0.25) is 0 Å². The molecule has 1 fully saturated rings. The van der Waals surface area contributed by atoms with Gasteiger partial charge in [0, 0.05) is 13.1 Å². The van der Waals surface area contributed by atoms with E-state index in [-0.39, 0.29) is 12.6 Å². The molecule has 6 nitrogen and oxygen atoms in total. The van der Waals surface area contributed by atoms with Crippen LogP contribution >= 0.6 is 0 Å². The topological polar surface area (TPSA) is 73.0 Å². The lowest BCUT2D eigenvalue weighted by Crippen LogP contribution is -2.44. The SMILES string of the molecule is CCNC(=NCc1ccccc1CO)NCC(c1ccco1)N1CCCCC1. The number of furan rings is 1. The average molecular weight is 385 g/mol. The number of aliphatic hydroxyl groups is 1. The molecule has 0 aliphatic carbocycles. The van der Waals surface area contributed by atoms with Crippen LogP contribution in [0.4, 0.5) is 0 Å². The van der Waals surface area contributed by atoms with Crippen molar-refractivity contribution in [3.05, 3.63) is 59.5 Å². The average Bonchev–Trinajstić information content (AvgIpc) is 3.27. The second-order valence-electron chi connectivity index (χ2n) is 7.13. The molecule has 1 atom stereocenters. The lowest BCUT2D eigenvalue weighted by atomic mass is 10.1. The Hall–Kier alpha value is -2.31. The molecule has 1 saturated heterocycles. The summed E-state index contributed by atoms with van der Waals surface area (Å²) >= 11 is 0. The summed E-state index contributed by atoms with van der Waals surface area (Å²) in [6.07, 6.45) is 5.53. The number of rotatable bonds is 8. The second kappa shape index (κ2) is 10.9. The predicted octanol–water partition coefficient (Wildman–Crippen LogP) is 3.05. The molecule has 0 radical (unpaired) electrons. The van der Waals surface area contributed by atoms with Gasteiger partial charge >= 0.3 is 0 Å². The summed E-state index contributed by atoms with van der Waals surface area (Å²) < 4.78 is 5.73. The van der Waals surface area contributed by atoms with Crippen molar-refractivity contribution in [1.29, 1.82) is 0 Å². The molecule has 152 valence electrons. The van der Waals surface area contributed by atoms with Crippen molar-refractivity contribution >= 4 is 5.96 Å². The summed E-state index contributed by atoms with van der Waals surface area (Å²) in [5.41, 5.74) is 1.96. The molecule has 1 aromatic carbocycles. The number of aliphatic hydroxyl groups excluding tert-OH is 1. The number of nitrogens with zero attached hydrogens (tertiary/aromatic N) is 2. The fourth-order valence-electron chi connectivity index (χ4n) is 3.69. The van der Waals surface area contributed by atoms with E-state index in [2.05, 4.69) is 28.5 Å². The Kier molecular flexibility index (Phi) is 7.94. The third-order valence-electron chi connectivity index (χ3n) is 5.21. The van der Waals surface area contributed by atoms with Crippen molar-refractivity contribution in [3.63, 3.8) is 0 Å². The molecule has 28 heavy (non-hydrogen) atoms. The van der Waals surface area contributed by atoms with Crippen molar-refractivity contribution in [2.75, 3.05) is 26.2 Å². The first-order valence-electron chi connectivity index (χ1n) is 10.3. The highest BCUT2D eigenvalue weighted by molar-refractivity contribution is 5.79. The van der Waals surface area contributed by atoms with Crippen LogP contribution in [0.2, 0.25) is 0 Å². The quantitative estimate of drug-likeness (QED) is 0.482. The Morgan fingerprint density at radius 1 is 1.11 bits per heavy atom. The van der Waals surface area contributed by atoms with Crippen LogP contribution in [0.3, 0.4) is 0 Å². The van der Waals surface area contributed by atoms with E-state index in [1.165, 1.54) is 19.3 Å². The van der Waals surface area contributed by atoms with Crippen molar-refractivity contribution in [3.8, 4) is 0 Å². The molecule has 1 aliphatic rings. The lowest BCUT2D eigenvalue weighted by Gasteiger charge is -2.33. The van der Waals surface area contributed by atoms with Crippen LogP contribution in [-0.4, -0.2) is 42.1 Å². The minimum atomic E-state index is 0.0329. The van der Waals surface area contributed by atoms with Gasteiger partial charge < -0.3 is 20.2 Å². The van der Waals surface area contributed by atoms with E-state index in [1.807, 2.05) is 30.3 Å². The van der Waals surface area contributed by atoms with Crippen LogP contribution in [0.5, 0.6) is 0 Å². The van der Waals surface area contributed by atoms with Crippen molar-refractivity contribution in [2.24, 2.45) is 4.99 Å². The summed E-state index contributed by atoms with van der Waals surface area (Å²) in [5, 5.41) is 16.3. The smallest absolute Gasteiger partial charge is 0.191 e. The fraction of sp³-hybridized carbons (Fsp3) is 0.500. The molecular weight excluding hydrogens is 352 g/mol. The zero-order valence-corrected chi connectivity index (χ0v) is 16.7. The molecule has 2 heterocycles. The predicted molar refractivity (Wildman–Crippen MR) is 112 cm³/mol. The summed E-state index contributed by atoms with van der Waals surface area (Å²) in [6, 6.07) is 12.1. The Morgan fingerprint density at radius 2 is 1.89 bits per heavy atom.